The molecule has 0 saturated heterocycles. The number of rotatable bonds is 5. The van der Waals surface area contributed by atoms with Gasteiger partial charge >= 0.3 is 0 Å². The van der Waals surface area contributed by atoms with Crippen molar-refractivity contribution in [1.29, 1.82) is 0 Å². The number of H-pyrrole nitrogens is 1. The molecule has 6 rings (SSSR count). The molecule has 2 aliphatic rings. The number of halogens is 1. The lowest BCUT2D eigenvalue weighted by atomic mass is 9.91. The molecule has 2 aromatic heterocycles. The highest BCUT2D eigenvalue weighted by molar-refractivity contribution is 5.81. The Morgan fingerprint density at radius 1 is 1.08 bits per heavy atom. The standard InChI is InChI=1S/C28H31FN6O2/c1-17-8-9-18-14-20(29)10-13-25(18)34(17)26(27-31-32-33-35(27)21-6-4-3-5-7-21)23-16-19-15-22(37-2)11-12-24(19)30-28(23)36/h10-17,21,26H,3-9H2,1-2H3,(H,30,36)/t17-,26+/m0/s1. The zero-order valence-electron chi connectivity index (χ0n) is 21.2. The van der Waals surface area contributed by atoms with E-state index in [4.69, 9.17) is 4.74 Å². The number of aryl methyl sites for hydroxylation is 1. The number of tetrazole rings is 1. The fourth-order valence-corrected chi connectivity index (χ4v) is 6.05. The monoisotopic (exact) mass is 502 g/mol. The second-order valence-corrected chi connectivity index (χ2v) is 10.3. The quantitative estimate of drug-likeness (QED) is 0.409. The number of aromatic amines is 1. The molecule has 4 aromatic rings. The minimum absolute atomic E-state index is 0.0832. The highest BCUT2D eigenvalue weighted by atomic mass is 19.1. The van der Waals surface area contributed by atoms with Crippen molar-refractivity contribution >= 4 is 16.6 Å². The van der Waals surface area contributed by atoms with Gasteiger partial charge in [-0.2, -0.15) is 0 Å². The molecule has 1 N–H and O–H groups in total. The van der Waals surface area contributed by atoms with E-state index < -0.39 is 6.04 Å². The van der Waals surface area contributed by atoms with Gasteiger partial charge in [0.25, 0.3) is 5.56 Å². The lowest BCUT2D eigenvalue weighted by Crippen LogP contribution is -2.44. The molecular formula is C28H31FN6O2. The minimum atomic E-state index is -0.546. The molecule has 0 spiro atoms. The van der Waals surface area contributed by atoms with Gasteiger partial charge in [0.05, 0.1) is 13.2 Å². The van der Waals surface area contributed by atoms with E-state index in [1.165, 1.54) is 12.5 Å². The normalized spacial score (nSPS) is 19.1. The Morgan fingerprint density at radius 3 is 2.73 bits per heavy atom. The van der Waals surface area contributed by atoms with Gasteiger partial charge in [0.2, 0.25) is 0 Å². The molecule has 0 unspecified atom stereocenters. The lowest BCUT2D eigenvalue weighted by molar-refractivity contribution is 0.311. The third kappa shape index (κ3) is 4.26. The van der Waals surface area contributed by atoms with Crippen molar-refractivity contribution < 1.29 is 9.13 Å². The zero-order valence-corrected chi connectivity index (χ0v) is 21.2. The molecule has 9 heteroatoms. The molecule has 0 bridgehead atoms. The first kappa shape index (κ1) is 23.6. The maximum Gasteiger partial charge on any atom is 0.254 e. The summed E-state index contributed by atoms with van der Waals surface area (Å²) < 4.78 is 21.6. The predicted octanol–water partition coefficient (Wildman–Crippen LogP) is 5.10. The van der Waals surface area contributed by atoms with E-state index in [0.29, 0.717) is 17.1 Å². The summed E-state index contributed by atoms with van der Waals surface area (Å²) >= 11 is 0. The van der Waals surface area contributed by atoms with Crippen LogP contribution in [0.25, 0.3) is 10.9 Å². The first-order chi connectivity index (χ1) is 18.0. The van der Waals surface area contributed by atoms with E-state index >= 15 is 0 Å². The third-order valence-corrected chi connectivity index (χ3v) is 7.96. The largest absolute Gasteiger partial charge is 0.497 e. The predicted molar refractivity (Wildman–Crippen MR) is 140 cm³/mol. The smallest absolute Gasteiger partial charge is 0.254 e. The topological polar surface area (TPSA) is 88.9 Å². The Balaban J connectivity index is 1.58. The maximum absolute atomic E-state index is 14.2. The van der Waals surface area contributed by atoms with Crippen LogP contribution in [0.1, 0.15) is 74.5 Å². The summed E-state index contributed by atoms with van der Waals surface area (Å²) in [6, 6.07) is 12.2. The van der Waals surface area contributed by atoms with Crippen molar-refractivity contribution in [3.8, 4) is 5.75 Å². The maximum atomic E-state index is 14.2. The van der Waals surface area contributed by atoms with Crippen LogP contribution >= 0.6 is 0 Å². The summed E-state index contributed by atoms with van der Waals surface area (Å²) in [5, 5.41) is 13.9. The lowest BCUT2D eigenvalue weighted by Gasteiger charge is -2.42. The van der Waals surface area contributed by atoms with Gasteiger partial charge in [0.15, 0.2) is 5.82 Å². The van der Waals surface area contributed by atoms with E-state index in [2.05, 4.69) is 32.3 Å². The average Bonchev–Trinajstić information content (AvgIpc) is 3.40. The number of hydrogen-bond donors (Lipinski definition) is 1. The summed E-state index contributed by atoms with van der Waals surface area (Å²) in [7, 11) is 1.63. The van der Waals surface area contributed by atoms with Crippen LogP contribution in [-0.2, 0) is 6.42 Å². The van der Waals surface area contributed by atoms with Crippen molar-refractivity contribution in [2.24, 2.45) is 0 Å². The third-order valence-electron chi connectivity index (χ3n) is 7.96. The van der Waals surface area contributed by atoms with Crippen LogP contribution in [0.15, 0.2) is 47.3 Å². The van der Waals surface area contributed by atoms with Gasteiger partial charge in [-0.15, -0.1) is 5.10 Å². The van der Waals surface area contributed by atoms with E-state index in [1.54, 1.807) is 13.2 Å². The Morgan fingerprint density at radius 2 is 1.92 bits per heavy atom. The van der Waals surface area contributed by atoms with Crippen LogP contribution in [0.2, 0.25) is 0 Å². The molecule has 8 nitrogen and oxygen atoms in total. The van der Waals surface area contributed by atoms with Gasteiger partial charge in [-0.1, -0.05) is 19.3 Å². The van der Waals surface area contributed by atoms with Crippen LogP contribution in [0.4, 0.5) is 10.1 Å². The fourth-order valence-electron chi connectivity index (χ4n) is 6.05. The Hall–Kier alpha value is -3.75. The van der Waals surface area contributed by atoms with Gasteiger partial charge in [-0.25, -0.2) is 9.07 Å². The SMILES string of the molecule is COc1ccc2[nH]c(=O)c([C@H](c3nnnn3C3CCCCC3)N3c4ccc(F)cc4CC[C@@H]3C)cc2c1. The zero-order chi connectivity index (χ0) is 25.5. The first-order valence-electron chi connectivity index (χ1n) is 13.1. The van der Waals surface area contributed by atoms with Crippen LogP contribution in [0, 0.1) is 5.82 Å². The van der Waals surface area contributed by atoms with Gasteiger partial charge in [0.1, 0.15) is 17.6 Å². The van der Waals surface area contributed by atoms with E-state index in [1.807, 2.05) is 35.0 Å². The molecule has 1 saturated carbocycles. The van der Waals surface area contributed by atoms with Crippen molar-refractivity contribution in [3.05, 3.63) is 75.6 Å². The van der Waals surface area contributed by atoms with Gasteiger partial charge in [-0.05, 0) is 91.1 Å². The summed E-state index contributed by atoms with van der Waals surface area (Å²) in [6.45, 7) is 2.15. The highest BCUT2D eigenvalue weighted by Crippen LogP contribution is 2.41. The Kier molecular flexibility index (Phi) is 6.14. The van der Waals surface area contributed by atoms with Gasteiger partial charge < -0.3 is 14.6 Å². The second-order valence-electron chi connectivity index (χ2n) is 10.3. The molecular weight excluding hydrogens is 471 g/mol. The molecule has 2 atom stereocenters. The van der Waals surface area contributed by atoms with Crippen LogP contribution < -0.4 is 15.2 Å². The number of methoxy groups -OCH3 is 1. The molecule has 1 aliphatic carbocycles. The van der Waals surface area contributed by atoms with Crippen molar-refractivity contribution in [1.82, 2.24) is 25.2 Å². The van der Waals surface area contributed by atoms with Crippen molar-refractivity contribution in [3.63, 3.8) is 0 Å². The minimum Gasteiger partial charge on any atom is -0.497 e. The van der Waals surface area contributed by atoms with Gasteiger partial charge in [-0.3, -0.25) is 4.79 Å². The average molecular weight is 503 g/mol. The summed E-state index contributed by atoms with van der Waals surface area (Å²) in [5.41, 5.74) is 2.93. The number of pyridine rings is 1. The van der Waals surface area contributed by atoms with Gasteiger partial charge in [0, 0.05) is 28.2 Å². The number of hydrogen-bond acceptors (Lipinski definition) is 6. The highest BCUT2D eigenvalue weighted by Gasteiger charge is 2.37. The number of benzene rings is 2. The number of fused-ring (bicyclic) bond motifs is 2. The first-order valence-corrected chi connectivity index (χ1v) is 13.1. The summed E-state index contributed by atoms with van der Waals surface area (Å²) in [6.07, 6.45) is 7.10. The van der Waals surface area contributed by atoms with Crippen LogP contribution in [0.3, 0.4) is 0 Å². The molecule has 0 amide bonds. The number of nitrogens with zero attached hydrogens (tertiary/aromatic N) is 5. The number of nitrogens with one attached hydrogen (secondary N) is 1. The molecule has 2 aromatic carbocycles. The Labute approximate surface area is 214 Å². The second kappa shape index (κ2) is 9.61. The molecule has 37 heavy (non-hydrogen) atoms. The van der Waals surface area contributed by atoms with Crippen LogP contribution in [0.5, 0.6) is 5.75 Å². The molecule has 1 aliphatic heterocycles. The summed E-state index contributed by atoms with van der Waals surface area (Å²) in [4.78, 5) is 18.9. The number of ether oxygens (including phenoxy) is 1. The Bertz CT molecular complexity index is 1490. The van der Waals surface area contributed by atoms with Crippen molar-refractivity contribution in [2.45, 2.75) is 70.0 Å². The number of aromatic nitrogens is 5. The molecule has 1 fully saturated rings. The van der Waals surface area contributed by atoms with E-state index in [9.17, 15) is 9.18 Å². The summed E-state index contributed by atoms with van der Waals surface area (Å²) in [5.74, 6) is 1.09. The van der Waals surface area contributed by atoms with Crippen LogP contribution in [-0.4, -0.2) is 38.3 Å². The molecule has 3 heterocycles. The van der Waals surface area contributed by atoms with E-state index in [-0.39, 0.29) is 23.5 Å². The molecule has 192 valence electrons. The van der Waals surface area contributed by atoms with Crippen molar-refractivity contribution in [2.75, 3.05) is 12.0 Å². The molecule has 0 radical (unpaired) electrons. The fraction of sp³-hybridized carbons (Fsp3) is 0.429. The number of anilines is 1. The van der Waals surface area contributed by atoms with E-state index in [0.717, 1.165) is 60.7 Å².